The third-order valence-electron chi connectivity index (χ3n) is 6.45. The average Bonchev–Trinajstić information content (AvgIpc) is 3.50. The lowest BCUT2D eigenvalue weighted by Crippen LogP contribution is -2.55. The summed E-state index contributed by atoms with van der Waals surface area (Å²) in [7, 11) is 1.96. The van der Waals surface area contributed by atoms with Crippen LogP contribution in [-0.2, 0) is 20.9 Å². The van der Waals surface area contributed by atoms with Crippen molar-refractivity contribution in [3.63, 3.8) is 0 Å². The first kappa shape index (κ1) is 30.6. The average molecular weight is 529 g/mol. The van der Waals surface area contributed by atoms with Crippen LogP contribution in [-0.4, -0.2) is 53.7 Å². The molecule has 37 heavy (non-hydrogen) atoms. The van der Waals surface area contributed by atoms with Gasteiger partial charge in [-0.25, -0.2) is 4.98 Å². The van der Waals surface area contributed by atoms with Crippen molar-refractivity contribution >= 4 is 29.4 Å². The first-order valence-electron chi connectivity index (χ1n) is 13.2. The number of nitrogens with one attached hydrogen (secondary N) is 2. The Morgan fingerprint density at radius 2 is 1.89 bits per heavy atom. The predicted octanol–water partition coefficient (Wildman–Crippen LogP) is 4.98. The summed E-state index contributed by atoms with van der Waals surface area (Å²) in [6.07, 6.45) is 3.62. The van der Waals surface area contributed by atoms with E-state index in [9.17, 15) is 14.4 Å². The molecule has 204 valence electrons. The SMILES string of the molecule is CC(C)CCC(=O)NC(C(=O)N1CCCC1C=O)C(C)(C)C.CNCc1ccc(-c2scnc2C)cc1. The molecule has 2 aromatic rings. The summed E-state index contributed by atoms with van der Waals surface area (Å²) in [4.78, 5) is 43.2. The number of aldehydes is 1. The number of aryl methyl sites for hydroxylation is 1. The molecule has 8 heteroatoms. The van der Waals surface area contributed by atoms with Gasteiger partial charge in [0.1, 0.15) is 12.3 Å². The highest BCUT2D eigenvalue weighted by molar-refractivity contribution is 7.13. The molecule has 2 unspecified atom stereocenters. The molecule has 2 atom stereocenters. The van der Waals surface area contributed by atoms with Crippen molar-refractivity contribution in [3.05, 3.63) is 41.0 Å². The summed E-state index contributed by atoms with van der Waals surface area (Å²) in [5.74, 6) is 0.219. The van der Waals surface area contributed by atoms with Crippen LogP contribution in [0, 0.1) is 18.3 Å². The van der Waals surface area contributed by atoms with E-state index in [1.54, 1.807) is 16.2 Å². The van der Waals surface area contributed by atoms with E-state index < -0.39 is 6.04 Å². The maximum Gasteiger partial charge on any atom is 0.246 e. The molecule has 0 spiro atoms. The summed E-state index contributed by atoms with van der Waals surface area (Å²) in [5.41, 5.74) is 5.19. The summed E-state index contributed by atoms with van der Waals surface area (Å²) in [6, 6.07) is 7.70. The Kier molecular flexibility index (Phi) is 11.9. The van der Waals surface area contributed by atoms with Crippen LogP contribution in [0.2, 0.25) is 0 Å². The Labute approximate surface area is 226 Å². The van der Waals surface area contributed by atoms with Gasteiger partial charge in [0.25, 0.3) is 0 Å². The Bertz CT molecular complexity index is 1010. The van der Waals surface area contributed by atoms with Crippen molar-refractivity contribution in [2.45, 2.75) is 85.9 Å². The molecule has 2 amide bonds. The fourth-order valence-corrected chi connectivity index (χ4v) is 5.04. The van der Waals surface area contributed by atoms with Crippen molar-refractivity contribution in [2.75, 3.05) is 13.6 Å². The van der Waals surface area contributed by atoms with Gasteiger partial charge >= 0.3 is 0 Å². The fraction of sp³-hybridized carbons (Fsp3) is 0.586. The monoisotopic (exact) mass is 528 g/mol. The summed E-state index contributed by atoms with van der Waals surface area (Å²) in [5, 5.41) is 6.03. The van der Waals surface area contributed by atoms with E-state index in [1.807, 2.05) is 40.3 Å². The second kappa shape index (κ2) is 14.4. The summed E-state index contributed by atoms with van der Waals surface area (Å²) >= 11 is 1.70. The molecule has 1 saturated heterocycles. The molecule has 0 bridgehead atoms. The fourth-order valence-electron chi connectivity index (χ4n) is 4.23. The highest BCUT2D eigenvalue weighted by Gasteiger charge is 2.39. The summed E-state index contributed by atoms with van der Waals surface area (Å²) < 4.78 is 0. The minimum atomic E-state index is -0.590. The summed E-state index contributed by atoms with van der Waals surface area (Å²) in [6.45, 7) is 13.5. The van der Waals surface area contributed by atoms with Gasteiger partial charge in [0.05, 0.1) is 22.1 Å². The maximum atomic E-state index is 12.8. The minimum Gasteiger partial charge on any atom is -0.344 e. The topological polar surface area (TPSA) is 91.4 Å². The van der Waals surface area contributed by atoms with Gasteiger partial charge in [-0.15, -0.1) is 11.3 Å². The van der Waals surface area contributed by atoms with Crippen LogP contribution in [0.3, 0.4) is 0 Å². The lowest BCUT2D eigenvalue weighted by atomic mass is 9.85. The molecule has 1 aliphatic heterocycles. The van der Waals surface area contributed by atoms with Crippen LogP contribution in [0.1, 0.15) is 71.6 Å². The van der Waals surface area contributed by atoms with Crippen LogP contribution < -0.4 is 10.6 Å². The van der Waals surface area contributed by atoms with Gasteiger partial charge in [-0.2, -0.15) is 0 Å². The van der Waals surface area contributed by atoms with Crippen molar-refractivity contribution in [3.8, 4) is 10.4 Å². The highest BCUT2D eigenvalue weighted by atomic mass is 32.1. The number of amides is 2. The molecule has 1 aliphatic rings. The first-order valence-corrected chi connectivity index (χ1v) is 14.0. The number of hydrogen-bond donors (Lipinski definition) is 2. The zero-order chi connectivity index (χ0) is 27.6. The number of rotatable bonds is 9. The Morgan fingerprint density at radius 1 is 1.22 bits per heavy atom. The smallest absolute Gasteiger partial charge is 0.246 e. The van der Waals surface area contributed by atoms with E-state index in [0.717, 1.165) is 31.4 Å². The molecular weight excluding hydrogens is 484 g/mol. The Morgan fingerprint density at radius 3 is 2.41 bits per heavy atom. The Hall–Kier alpha value is -2.58. The molecule has 0 radical (unpaired) electrons. The van der Waals surface area contributed by atoms with E-state index in [1.165, 1.54) is 16.0 Å². The lowest BCUT2D eigenvalue weighted by molar-refractivity contribution is -0.141. The van der Waals surface area contributed by atoms with Gasteiger partial charge in [-0.3, -0.25) is 9.59 Å². The molecule has 2 N–H and O–H groups in total. The van der Waals surface area contributed by atoms with Crippen LogP contribution in [0.15, 0.2) is 29.8 Å². The van der Waals surface area contributed by atoms with Crippen molar-refractivity contribution < 1.29 is 14.4 Å². The van der Waals surface area contributed by atoms with Crippen LogP contribution in [0.4, 0.5) is 0 Å². The van der Waals surface area contributed by atoms with Crippen LogP contribution >= 0.6 is 11.3 Å². The zero-order valence-electron chi connectivity index (χ0n) is 23.5. The molecule has 0 saturated carbocycles. The number of carbonyl (C=O) groups is 3. The number of likely N-dealkylation sites (tertiary alicyclic amines) is 1. The number of nitrogens with zero attached hydrogens (tertiary/aromatic N) is 2. The second-order valence-electron chi connectivity index (χ2n) is 11.2. The standard InChI is InChI=1S/C17H30N2O3.C12H14N2S/c1-12(2)8-9-14(21)18-15(17(3,4)5)16(22)19-10-6-7-13(19)11-20;1-9-12(15-8-14-9)11-5-3-10(4-6-11)7-13-2/h11-13,15H,6-10H2,1-5H3,(H,18,21);3-6,8,13H,7H2,1-2H3. The van der Waals surface area contributed by atoms with E-state index in [0.29, 0.717) is 25.3 Å². The van der Waals surface area contributed by atoms with Gasteiger partial charge in [0.2, 0.25) is 11.8 Å². The third-order valence-corrected chi connectivity index (χ3v) is 7.43. The van der Waals surface area contributed by atoms with E-state index in [2.05, 4.69) is 53.7 Å². The largest absolute Gasteiger partial charge is 0.344 e. The first-order chi connectivity index (χ1) is 17.5. The van der Waals surface area contributed by atoms with Gasteiger partial charge in [0.15, 0.2) is 0 Å². The number of aromatic nitrogens is 1. The molecular formula is C29H44N4O3S. The van der Waals surface area contributed by atoms with E-state index in [4.69, 9.17) is 0 Å². The van der Waals surface area contributed by atoms with Crippen LogP contribution in [0.5, 0.6) is 0 Å². The number of thiazole rings is 1. The van der Waals surface area contributed by atoms with E-state index >= 15 is 0 Å². The van der Waals surface area contributed by atoms with Crippen molar-refractivity contribution in [1.29, 1.82) is 0 Å². The normalized spacial score (nSPS) is 16.2. The Balaban J connectivity index is 0.000000278. The van der Waals surface area contributed by atoms with E-state index in [-0.39, 0.29) is 23.3 Å². The lowest BCUT2D eigenvalue weighted by Gasteiger charge is -2.34. The van der Waals surface area contributed by atoms with Gasteiger partial charge in [-0.1, -0.05) is 58.9 Å². The van der Waals surface area contributed by atoms with Crippen molar-refractivity contribution in [1.82, 2.24) is 20.5 Å². The van der Waals surface area contributed by atoms with Crippen molar-refractivity contribution in [2.24, 2.45) is 11.3 Å². The maximum absolute atomic E-state index is 12.8. The quantitative estimate of drug-likeness (QED) is 0.448. The second-order valence-corrected chi connectivity index (χ2v) is 12.0. The molecule has 0 aliphatic carbocycles. The van der Waals surface area contributed by atoms with Gasteiger partial charge in [-0.05, 0) is 55.7 Å². The third kappa shape index (κ3) is 9.34. The molecule has 1 aromatic heterocycles. The zero-order valence-corrected chi connectivity index (χ0v) is 24.3. The number of benzene rings is 1. The van der Waals surface area contributed by atoms with Gasteiger partial charge in [0, 0.05) is 19.5 Å². The molecule has 7 nitrogen and oxygen atoms in total. The minimum absolute atomic E-state index is 0.0937. The van der Waals surface area contributed by atoms with Gasteiger partial charge < -0.3 is 20.3 Å². The van der Waals surface area contributed by atoms with Crippen LogP contribution in [0.25, 0.3) is 10.4 Å². The number of hydrogen-bond acceptors (Lipinski definition) is 6. The number of carbonyl (C=O) groups excluding carboxylic acids is 3. The molecule has 3 rings (SSSR count). The highest BCUT2D eigenvalue weighted by Crippen LogP contribution is 2.27. The molecule has 1 aromatic carbocycles. The molecule has 1 fully saturated rings. The molecule has 2 heterocycles. The predicted molar refractivity (Wildman–Crippen MR) is 151 cm³/mol.